The lowest BCUT2D eigenvalue weighted by Crippen LogP contribution is -2.21. The third-order valence-electron chi connectivity index (χ3n) is 4.12. The van der Waals surface area contributed by atoms with Crippen molar-refractivity contribution < 1.29 is 19.4 Å². The van der Waals surface area contributed by atoms with E-state index in [4.69, 9.17) is 9.47 Å². The van der Waals surface area contributed by atoms with E-state index in [0.717, 1.165) is 29.7 Å². The van der Waals surface area contributed by atoms with E-state index in [2.05, 4.69) is 4.98 Å². The van der Waals surface area contributed by atoms with Gasteiger partial charge in [-0.15, -0.1) is 0 Å². The zero-order valence-corrected chi connectivity index (χ0v) is 12.5. The van der Waals surface area contributed by atoms with Crippen LogP contribution < -0.4 is 4.74 Å². The molecule has 0 amide bonds. The molecule has 0 spiro atoms. The van der Waals surface area contributed by atoms with Gasteiger partial charge in [-0.1, -0.05) is 6.07 Å². The van der Waals surface area contributed by atoms with E-state index >= 15 is 0 Å². The molecule has 1 aromatic heterocycles. The molecule has 5 heteroatoms. The second-order valence-electron chi connectivity index (χ2n) is 5.39. The van der Waals surface area contributed by atoms with Gasteiger partial charge in [0.2, 0.25) is 0 Å². The fraction of sp³-hybridized carbons (Fsp3) is 0.294. The van der Waals surface area contributed by atoms with Gasteiger partial charge in [0.05, 0.1) is 25.3 Å². The molecule has 0 aliphatic heterocycles. The highest BCUT2D eigenvalue weighted by atomic mass is 16.5. The standard InChI is InChI=1S/C17H17NO4/c1-21-15-9-11(3-6-14(15)19)13-5-4-12(10-18-13)17(7-8-17)16(20)22-2/h3-6,9-10,19H,7-8H2,1-2H3. The van der Waals surface area contributed by atoms with Crippen LogP contribution >= 0.6 is 0 Å². The molecule has 22 heavy (non-hydrogen) atoms. The van der Waals surface area contributed by atoms with Crippen LogP contribution in [0.25, 0.3) is 11.3 Å². The van der Waals surface area contributed by atoms with Gasteiger partial charge >= 0.3 is 5.97 Å². The zero-order chi connectivity index (χ0) is 15.7. The van der Waals surface area contributed by atoms with Gasteiger partial charge in [0, 0.05) is 11.8 Å². The van der Waals surface area contributed by atoms with Gasteiger partial charge in [0.1, 0.15) is 0 Å². The number of nitrogens with zero attached hydrogens (tertiary/aromatic N) is 1. The Bertz CT molecular complexity index is 705. The summed E-state index contributed by atoms with van der Waals surface area (Å²) in [4.78, 5) is 16.3. The summed E-state index contributed by atoms with van der Waals surface area (Å²) in [5, 5.41) is 9.63. The molecule has 1 N–H and O–H groups in total. The summed E-state index contributed by atoms with van der Waals surface area (Å²) in [5.41, 5.74) is 1.97. The Labute approximate surface area is 128 Å². The lowest BCUT2D eigenvalue weighted by molar-refractivity contribution is -0.143. The smallest absolute Gasteiger partial charge is 0.316 e. The van der Waals surface area contributed by atoms with Crippen LogP contribution in [0.2, 0.25) is 0 Å². The SMILES string of the molecule is COC(=O)C1(c2ccc(-c3ccc(O)c(OC)c3)nc2)CC1. The lowest BCUT2D eigenvalue weighted by atomic mass is 9.97. The molecule has 1 aliphatic carbocycles. The molecule has 0 saturated heterocycles. The Morgan fingerprint density at radius 2 is 2.00 bits per heavy atom. The van der Waals surface area contributed by atoms with Gasteiger partial charge in [-0.2, -0.15) is 0 Å². The molecule has 2 aromatic rings. The predicted molar refractivity (Wildman–Crippen MR) is 80.8 cm³/mol. The predicted octanol–water partition coefficient (Wildman–Crippen LogP) is 2.67. The van der Waals surface area contributed by atoms with Crippen LogP contribution in [0.4, 0.5) is 0 Å². The number of benzene rings is 1. The first-order chi connectivity index (χ1) is 10.6. The van der Waals surface area contributed by atoms with Crippen molar-refractivity contribution in [2.75, 3.05) is 14.2 Å². The molecule has 5 nitrogen and oxygen atoms in total. The van der Waals surface area contributed by atoms with Crippen LogP contribution in [0.5, 0.6) is 11.5 Å². The molecule has 0 unspecified atom stereocenters. The van der Waals surface area contributed by atoms with Crippen LogP contribution in [-0.2, 0) is 14.9 Å². The Kier molecular flexibility index (Phi) is 3.48. The number of aromatic nitrogens is 1. The lowest BCUT2D eigenvalue weighted by Gasteiger charge is -2.13. The van der Waals surface area contributed by atoms with Crippen LogP contribution in [-0.4, -0.2) is 30.3 Å². The van der Waals surface area contributed by atoms with Crippen molar-refractivity contribution in [2.24, 2.45) is 0 Å². The summed E-state index contributed by atoms with van der Waals surface area (Å²) in [7, 11) is 2.91. The average molecular weight is 299 g/mol. The van der Waals surface area contributed by atoms with E-state index in [1.54, 1.807) is 24.4 Å². The first-order valence-corrected chi connectivity index (χ1v) is 7.03. The van der Waals surface area contributed by atoms with Crippen molar-refractivity contribution in [3.05, 3.63) is 42.1 Å². The molecule has 0 radical (unpaired) electrons. The second-order valence-corrected chi connectivity index (χ2v) is 5.39. The number of methoxy groups -OCH3 is 2. The Morgan fingerprint density at radius 3 is 2.55 bits per heavy atom. The maximum atomic E-state index is 11.9. The van der Waals surface area contributed by atoms with E-state index in [1.807, 2.05) is 12.1 Å². The monoisotopic (exact) mass is 299 g/mol. The first kappa shape index (κ1) is 14.4. The maximum Gasteiger partial charge on any atom is 0.316 e. The topological polar surface area (TPSA) is 68.7 Å². The molecule has 1 fully saturated rings. The summed E-state index contributed by atoms with van der Waals surface area (Å²) in [5.74, 6) is 0.287. The molecule has 1 saturated carbocycles. The second kappa shape index (κ2) is 5.33. The van der Waals surface area contributed by atoms with E-state index in [-0.39, 0.29) is 11.7 Å². The molecule has 0 bridgehead atoms. The molecule has 0 atom stereocenters. The van der Waals surface area contributed by atoms with E-state index in [0.29, 0.717) is 5.75 Å². The van der Waals surface area contributed by atoms with Crippen molar-refractivity contribution in [1.29, 1.82) is 0 Å². The maximum absolute atomic E-state index is 11.9. The number of pyridine rings is 1. The number of aromatic hydroxyl groups is 1. The van der Waals surface area contributed by atoms with Gasteiger partial charge in [0.15, 0.2) is 11.5 Å². The third kappa shape index (κ3) is 2.28. The Balaban J connectivity index is 1.91. The summed E-state index contributed by atoms with van der Waals surface area (Å²) >= 11 is 0. The number of hydrogen-bond acceptors (Lipinski definition) is 5. The number of carbonyl (C=O) groups excluding carboxylic acids is 1. The largest absolute Gasteiger partial charge is 0.504 e. The highest BCUT2D eigenvalue weighted by Crippen LogP contribution is 2.49. The zero-order valence-electron chi connectivity index (χ0n) is 12.5. The molecule has 1 aliphatic rings. The van der Waals surface area contributed by atoms with Gasteiger partial charge in [-0.25, -0.2) is 0 Å². The molecule has 114 valence electrons. The minimum Gasteiger partial charge on any atom is -0.504 e. The number of ether oxygens (including phenoxy) is 2. The fourth-order valence-electron chi connectivity index (χ4n) is 2.62. The molecule has 1 heterocycles. The summed E-state index contributed by atoms with van der Waals surface area (Å²) < 4.78 is 9.98. The minimum absolute atomic E-state index is 0.0884. The highest BCUT2D eigenvalue weighted by molar-refractivity contribution is 5.86. The molecular formula is C17H17NO4. The summed E-state index contributed by atoms with van der Waals surface area (Å²) in [6.07, 6.45) is 3.32. The van der Waals surface area contributed by atoms with Gasteiger partial charge < -0.3 is 14.6 Å². The fourth-order valence-corrected chi connectivity index (χ4v) is 2.62. The van der Waals surface area contributed by atoms with Crippen LogP contribution in [0.1, 0.15) is 18.4 Å². The van der Waals surface area contributed by atoms with Crippen LogP contribution in [0, 0.1) is 0 Å². The summed E-state index contributed by atoms with van der Waals surface area (Å²) in [6, 6.07) is 8.84. The summed E-state index contributed by atoms with van der Waals surface area (Å²) in [6.45, 7) is 0. The van der Waals surface area contributed by atoms with E-state index in [9.17, 15) is 9.90 Å². The first-order valence-electron chi connectivity index (χ1n) is 7.03. The third-order valence-corrected chi connectivity index (χ3v) is 4.12. The number of phenolic OH excluding ortho intramolecular Hbond substituents is 1. The molecule has 3 rings (SSSR count). The molecule has 1 aromatic carbocycles. The highest BCUT2D eigenvalue weighted by Gasteiger charge is 2.52. The molecular weight excluding hydrogens is 282 g/mol. The van der Waals surface area contributed by atoms with Gasteiger partial charge in [-0.3, -0.25) is 9.78 Å². The van der Waals surface area contributed by atoms with Crippen molar-refractivity contribution in [3.8, 4) is 22.8 Å². The Hall–Kier alpha value is -2.56. The van der Waals surface area contributed by atoms with Crippen molar-refractivity contribution in [2.45, 2.75) is 18.3 Å². The quantitative estimate of drug-likeness (QED) is 0.879. The van der Waals surface area contributed by atoms with Gasteiger partial charge in [-0.05, 0) is 42.7 Å². The number of esters is 1. The van der Waals surface area contributed by atoms with E-state index in [1.165, 1.54) is 14.2 Å². The number of phenols is 1. The van der Waals surface area contributed by atoms with Gasteiger partial charge in [0.25, 0.3) is 0 Å². The van der Waals surface area contributed by atoms with Crippen LogP contribution in [0.3, 0.4) is 0 Å². The average Bonchev–Trinajstić information content (AvgIpc) is 3.36. The van der Waals surface area contributed by atoms with Crippen molar-refractivity contribution in [3.63, 3.8) is 0 Å². The normalized spacial score (nSPS) is 15.2. The van der Waals surface area contributed by atoms with Crippen molar-refractivity contribution in [1.82, 2.24) is 4.98 Å². The number of carbonyl (C=O) groups is 1. The van der Waals surface area contributed by atoms with Crippen LogP contribution in [0.15, 0.2) is 36.5 Å². The number of hydrogen-bond donors (Lipinski definition) is 1. The van der Waals surface area contributed by atoms with E-state index < -0.39 is 5.41 Å². The number of rotatable bonds is 4. The van der Waals surface area contributed by atoms with Crippen molar-refractivity contribution >= 4 is 5.97 Å². The minimum atomic E-state index is -0.507. The Morgan fingerprint density at radius 1 is 1.23 bits per heavy atom.